The second-order valence-corrected chi connectivity index (χ2v) is 8.55. The molecule has 3 rings (SSSR count). The van der Waals surface area contributed by atoms with Crippen molar-refractivity contribution < 1.29 is 19.1 Å². The summed E-state index contributed by atoms with van der Waals surface area (Å²) in [6, 6.07) is 7.47. The predicted molar refractivity (Wildman–Crippen MR) is 114 cm³/mol. The van der Waals surface area contributed by atoms with E-state index in [1.807, 2.05) is 43.5 Å². The van der Waals surface area contributed by atoms with E-state index in [0.29, 0.717) is 26.1 Å². The van der Waals surface area contributed by atoms with Crippen molar-refractivity contribution in [3.8, 4) is 0 Å². The van der Waals surface area contributed by atoms with Gasteiger partial charge in [-0.25, -0.2) is 4.98 Å². The lowest BCUT2D eigenvalue weighted by Crippen LogP contribution is -2.43. The first-order chi connectivity index (χ1) is 14.4. The van der Waals surface area contributed by atoms with Crippen LogP contribution in [0.5, 0.6) is 0 Å². The van der Waals surface area contributed by atoms with E-state index in [0.717, 1.165) is 21.8 Å². The molecular weight excluding hydrogens is 402 g/mol. The number of amides is 3. The number of nitrogens with zero attached hydrogens (tertiary/aromatic N) is 2. The molecule has 160 valence electrons. The normalized spacial score (nSPS) is 18.8. The molecule has 1 aromatic carbocycles. The number of methoxy groups -OCH3 is 1. The average Bonchev–Trinajstić information content (AvgIpc) is 3.23. The van der Waals surface area contributed by atoms with Crippen molar-refractivity contribution in [1.29, 1.82) is 0 Å². The number of benzene rings is 1. The van der Waals surface area contributed by atoms with Gasteiger partial charge in [0.15, 0.2) is 0 Å². The summed E-state index contributed by atoms with van der Waals surface area (Å²) in [5.41, 5.74) is 1.35. The summed E-state index contributed by atoms with van der Waals surface area (Å²) < 4.78 is 5.05. The molecule has 0 radical (unpaired) electrons. The van der Waals surface area contributed by atoms with Crippen molar-refractivity contribution in [3.63, 3.8) is 0 Å². The fraction of sp³-hybridized carbons (Fsp3) is 0.455. The lowest BCUT2D eigenvalue weighted by molar-refractivity contribution is -0.141. The van der Waals surface area contributed by atoms with Crippen molar-refractivity contribution in [2.75, 3.05) is 20.3 Å². The zero-order chi connectivity index (χ0) is 21.7. The summed E-state index contributed by atoms with van der Waals surface area (Å²) >= 11 is 1.48. The average molecular weight is 430 g/mol. The van der Waals surface area contributed by atoms with Gasteiger partial charge in [0, 0.05) is 44.2 Å². The number of hydrogen-bond donors (Lipinski definition) is 1. The van der Waals surface area contributed by atoms with Gasteiger partial charge in [0.25, 0.3) is 0 Å². The van der Waals surface area contributed by atoms with Crippen LogP contribution >= 0.6 is 11.3 Å². The molecule has 0 spiro atoms. The van der Waals surface area contributed by atoms with Crippen molar-refractivity contribution in [2.45, 2.75) is 45.1 Å². The predicted octanol–water partition coefficient (Wildman–Crippen LogP) is 2.50. The first-order valence-corrected chi connectivity index (χ1v) is 10.8. The van der Waals surface area contributed by atoms with E-state index in [2.05, 4.69) is 10.3 Å². The summed E-state index contributed by atoms with van der Waals surface area (Å²) in [6.07, 6.45) is 0.481. The molecule has 30 heavy (non-hydrogen) atoms. The van der Waals surface area contributed by atoms with Crippen LogP contribution in [0.25, 0.3) is 0 Å². The number of ether oxygens (including phenoxy) is 1. The Morgan fingerprint density at radius 2 is 2.07 bits per heavy atom. The number of imide groups is 1. The number of aromatic nitrogens is 1. The van der Waals surface area contributed by atoms with Gasteiger partial charge in [0.2, 0.25) is 17.7 Å². The number of nitrogens with one attached hydrogen (secondary N) is 1. The highest BCUT2D eigenvalue weighted by molar-refractivity contribution is 7.09. The molecule has 1 aromatic heterocycles. The number of likely N-dealkylation sites (tertiary alicyclic amines) is 1. The lowest BCUT2D eigenvalue weighted by atomic mass is 9.74. The Bertz CT molecular complexity index is 942. The van der Waals surface area contributed by atoms with Gasteiger partial charge in [-0.3, -0.25) is 19.3 Å². The van der Waals surface area contributed by atoms with Crippen LogP contribution < -0.4 is 5.32 Å². The van der Waals surface area contributed by atoms with Gasteiger partial charge in [-0.1, -0.05) is 24.3 Å². The molecule has 7 nitrogen and oxygen atoms in total. The zero-order valence-electron chi connectivity index (χ0n) is 17.6. The minimum absolute atomic E-state index is 0.00650. The van der Waals surface area contributed by atoms with E-state index in [-0.39, 0.29) is 30.6 Å². The molecule has 1 N–H and O–H groups in total. The maximum atomic E-state index is 13.5. The van der Waals surface area contributed by atoms with Crippen molar-refractivity contribution in [2.24, 2.45) is 0 Å². The number of hydrogen-bond acceptors (Lipinski definition) is 6. The molecule has 2 aromatic rings. The van der Waals surface area contributed by atoms with E-state index in [9.17, 15) is 14.4 Å². The van der Waals surface area contributed by atoms with Crippen LogP contribution in [0.3, 0.4) is 0 Å². The van der Waals surface area contributed by atoms with Gasteiger partial charge in [-0.05, 0) is 31.4 Å². The number of carbonyl (C=O) groups excluding carboxylic acids is 3. The Hall–Kier alpha value is -2.58. The van der Waals surface area contributed by atoms with Crippen LogP contribution in [0.1, 0.15) is 41.1 Å². The highest BCUT2D eigenvalue weighted by Crippen LogP contribution is 2.41. The molecule has 8 heteroatoms. The molecular formula is C22H27N3O4S. The van der Waals surface area contributed by atoms with Gasteiger partial charge in [0.05, 0.1) is 12.0 Å². The van der Waals surface area contributed by atoms with Gasteiger partial charge < -0.3 is 10.1 Å². The van der Waals surface area contributed by atoms with Gasteiger partial charge in [0.1, 0.15) is 5.01 Å². The smallest absolute Gasteiger partial charge is 0.240 e. The highest BCUT2D eigenvalue weighted by atomic mass is 32.1. The Morgan fingerprint density at radius 3 is 2.73 bits per heavy atom. The molecule has 2 heterocycles. The third-order valence-electron chi connectivity index (χ3n) is 5.37. The minimum atomic E-state index is -1.18. The first-order valence-electron chi connectivity index (χ1n) is 9.95. The molecule has 0 saturated carbocycles. The molecule has 1 unspecified atom stereocenters. The van der Waals surface area contributed by atoms with Crippen LogP contribution in [0, 0.1) is 13.8 Å². The third kappa shape index (κ3) is 4.60. The zero-order valence-corrected chi connectivity index (χ0v) is 18.4. The van der Waals surface area contributed by atoms with Gasteiger partial charge >= 0.3 is 0 Å². The first kappa shape index (κ1) is 22.1. The SMILES string of the molecule is COCCCN1C(=O)CC(CC(=O)NCc2nc(C)cs2)(c2ccccc2C)C1=O. The number of carbonyl (C=O) groups is 3. The fourth-order valence-electron chi connectivity index (χ4n) is 3.94. The largest absolute Gasteiger partial charge is 0.385 e. The van der Waals surface area contributed by atoms with Crippen molar-refractivity contribution in [1.82, 2.24) is 15.2 Å². The minimum Gasteiger partial charge on any atom is -0.385 e. The molecule has 0 bridgehead atoms. The topological polar surface area (TPSA) is 88.6 Å². The Morgan fingerprint density at radius 1 is 1.30 bits per heavy atom. The highest BCUT2D eigenvalue weighted by Gasteiger charge is 2.53. The van der Waals surface area contributed by atoms with Crippen LogP contribution in [0.15, 0.2) is 29.6 Å². The van der Waals surface area contributed by atoms with Crippen LogP contribution in [-0.2, 0) is 31.1 Å². The molecule has 1 saturated heterocycles. The molecule has 1 atom stereocenters. The summed E-state index contributed by atoms with van der Waals surface area (Å²) in [7, 11) is 1.58. The Kier molecular flexibility index (Phi) is 6.99. The number of rotatable bonds is 9. The fourth-order valence-corrected chi connectivity index (χ4v) is 4.65. The van der Waals surface area contributed by atoms with Crippen LogP contribution in [0.4, 0.5) is 0 Å². The standard InChI is InChI=1S/C22H27N3O4S/c1-15-7-4-5-8-17(15)22(11-18(26)23-13-19-24-16(2)14-30-19)12-20(27)25(21(22)28)9-6-10-29-3/h4-5,7-8,14H,6,9-13H2,1-3H3,(H,23,26). The number of aryl methyl sites for hydroxylation is 2. The lowest BCUT2D eigenvalue weighted by Gasteiger charge is -2.28. The maximum Gasteiger partial charge on any atom is 0.240 e. The van der Waals surface area contributed by atoms with E-state index in [4.69, 9.17) is 4.74 Å². The summed E-state index contributed by atoms with van der Waals surface area (Å²) in [4.78, 5) is 44.7. The quantitative estimate of drug-likeness (QED) is 0.489. The Labute approximate surface area is 180 Å². The van der Waals surface area contributed by atoms with E-state index < -0.39 is 5.41 Å². The van der Waals surface area contributed by atoms with E-state index in [1.54, 1.807) is 7.11 Å². The van der Waals surface area contributed by atoms with Crippen molar-refractivity contribution >= 4 is 29.1 Å². The number of thiazole rings is 1. The summed E-state index contributed by atoms with van der Waals surface area (Å²) in [5.74, 6) is -0.827. The molecule has 0 aliphatic carbocycles. The van der Waals surface area contributed by atoms with Gasteiger partial charge in [-0.15, -0.1) is 11.3 Å². The third-order valence-corrected chi connectivity index (χ3v) is 6.33. The van der Waals surface area contributed by atoms with E-state index >= 15 is 0 Å². The Balaban J connectivity index is 1.84. The monoisotopic (exact) mass is 429 g/mol. The second kappa shape index (κ2) is 9.49. The van der Waals surface area contributed by atoms with Crippen LogP contribution in [0.2, 0.25) is 0 Å². The van der Waals surface area contributed by atoms with Gasteiger partial charge in [-0.2, -0.15) is 0 Å². The second-order valence-electron chi connectivity index (χ2n) is 7.61. The summed E-state index contributed by atoms with van der Waals surface area (Å²) in [5, 5.41) is 5.59. The molecule has 1 aliphatic rings. The van der Waals surface area contributed by atoms with Crippen molar-refractivity contribution in [3.05, 3.63) is 51.5 Å². The molecule has 1 fully saturated rings. The molecule has 1 aliphatic heterocycles. The molecule has 3 amide bonds. The maximum absolute atomic E-state index is 13.5. The summed E-state index contributed by atoms with van der Waals surface area (Å²) in [6.45, 7) is 4.86. The van der Waals surface area contributed by atoms with Crippen LogP contribution in [-0.4, -0.2) is 47.9 Å². The van der Waals surface area contributed by atoms with E-state index in [1.165, 1.54) is 16.2 Å².